The molecule has 0 atom stereocenters. The first kappa shape index (κ1) is 13.3. The van der Waals surface area contributed by atoms with Crippen LogP contribution in [0.15, 0.2) is 40.8 Å². The molecule has 0 saturated heterocycles. The Kier molecular flexibility index (Phi) is 3.39. The summed E-state index contributed by atoms with van der Waals surface area (Å²) in [7, 11) is 1.57. The lowest BCUT2D eigenvalue weighted by molar-refractivity contribution is 0.406. The number of phenols is 1. The number of methoxy groups -OCH3 is 1. The van der Waals surface area contributed by atoms with E-state index < -0.39 is 0 Å². The highest BCUT2D eigenvalue weighted by molar-refractivity contribution is 5.77. The largest absolute Gasteiger partial charge is 0.507 e. The number of anilines is 1. The zero-order valence-electron chi connectivity index (χ0n) is 11.9. The summed E-state index contributed by atoms with van der Waals surface area (Å²) in [6.45, 7) is 2.33. The van der Waals surface area contributed by atoms with E-state index in [0.717, 1.165) is 22.4 Å². The van der Waals surface area contributed by atoms with Gasteiger partial charge in [-0.05, 0) is 30.3 Å². The molecule has 0 aliphatic heterocycles. The van der Waals surface area contributed by atoms with Crippen LogP contribution in [0.4, 0.5) is 5.69 Å². The van der Waals surface area contributed by atoms with E-state index in [4.69, 9.17) is 9.15 Å². The number of ether oxygens (including phenoxy) is 1. The molecule has 3 aromatic rings. The molecule has 1 aromatic heterocycles. The molecule has 0 aliphatic carbocycles. The first-order valence-electron chi connectivity index (χ1n) is 6.62. The van der Waals surface area contributed by atoms with Crippen molar-refractivity contribution in [3.8, 4) is 11.5 Å². The Morgan fingerprint density at radius 2 is 2.10 bits per heavy atom. The molecule has 5 nitrogen and oxygen atoms in total. The minimum absolute atomic E-state index is 0.209. The molecule has 2 N–H and O–H groups in total. The average Bonchev–Trinajstić information content (AvgIpc) is 2.85. The van der Waals surface area contributed by atoms with Crippen molar-refractivity contribution in [2.75, 3.05) is 12.4 Å². The molecule has 0 radical (unpaired) electrons. The van der Waals surface area contributed by atoms with Gasteiger partial charge in [0.1, 0.15) is 17.0 Å². The van der Waals surface area contributed by atoms with Gasteiger partial charge in [-0.2, -0.15) is 0 Å². The van der Waals surface area contributed by atoms with E-state index in [1.165, 1.54) is 0 Å². The molecule has 0 amide bonds. The molecule has 1 heterocycles. The first-order chi connectivity index (χ1) is 10.2. The van der Waals surface area contributed by atoms with Crippen molar-refractivity contribution in [3.63, 3.8) is 0 Å². The fourth-order valence-corrected chi connectivity index (χ4v) is 2.17. The van der Waals surface area contributed by atoms with Crippen LogP contribution in [0.2, 0.25) is 0 Å². The van der Waals surface area contributed by atoms with Gasteiger partial charge >= 0.3 is 0 Å². The highest BCUT2D eigenvalue weighted by Crippen LogP contribution is 2.25. The van der Waals surface area contributed by atoms with Crippen LogP contribution in [0.3, 0.4) is 0 Å². The van der Waals surface area contributed by atoms with Gasteiger partial charge in [-0.15, -0.1) is 0 Å². The summed E-state index contributed by atoms with van der Waals surface area (Å²) in [4.78, 5) is 4.30. The summed E-state index contributed by atoms with van der Waals surface area (Å²) in [5.74, 6) is 1.49. The van der Waals surface area contributed by atoms with Crippen molar-refractivity contribution in [1.82, 2.24) is 4.98 Å². The number of nitrogens with one attached hydrogen (secondary N) is 1. The molecule has 21 heavy (non-hydrogen) atoms. The van der Waals surface area contributed by atoms with Crippen molar-refractivity contribution < 1.29 is 14.3 Å². The van der Waals surface area contributed by atoms with Gasteiger partial charge in [0.25, 0.3) is 0 Å². The number of oxazole rings is 1. The maximum atomic E-state index is 9.93. The van der Waals surface area contributed by atoms with Crippen molar-refractivity contribution in [3.05, 3.63) is 47.9 Å². The third-order valence-corrected chi connectivity index (χ3v) is 3.27. The predicted octanol–water partition coefficient (Wildman–Crippen LogP) is 3.46. The van der Waals surface area contributed by atoms with Gasteiger partial charge in [0, 0.05) is 30.8 Å². The zero-order valence-corrected chi connectivity index (χ0v) is 11.9. The van der Waals surface area contributed by atoms with Gasteiger partial charge in [-0.25, -0.2) is 4.98 Å². The van der Waals surface area contributed by atoms with Crippen LogP contribution in [-0.2, 0) is 6.54 Å². The lowest BCUT2D eigenvalue weighted by Gasteiger charge is -2.09. The fourth-order valence-electron chi connectivity index (χ4n) is 2.17. The van der Waals surface area contributed by atoms with Crippen molar-refractivity contribution in [2.24, 2.45) is 0 Å². The van der Waals surface area contributed by atoms with Gasteiger partial charge in [0.15, 0.2) is 11.5 Å². The van der Waals surface area contributed by atoms with E-state index in [9.17, 15) is 5.11 Å². The topological polar surface area (TPSA) is 67.5 Å². The molecule has 5 heteroatoms. The number of hydrogen-bond donors (Lipinski definition) is 2. The van der Waals surface area contributed by atoms with Crippen LogP contribution in [0.25, 0.3) is 11.1 Å². The molecule has 0 unspecified atom stereocenters. The van der Waals surface area contributed by atoms with Crippen LogP contribution in [0.1, 0.15) is 11.5 Å². The van der Waals surface area contributed by atoms with Gasteiger partial charge in [0.05, 0.1) is 7.11 Å². The fraction of sp³-hybridized carbons (Fsp3) is 0.188. The SMILES string of the molecule is COc1ccc(CNc2ccc3oc(C)nc3c2)c(O)c1. The Morgan fingerprint density at radius 3 is 2.86 bits per heavy atom. The molecule has 0 saturated carbocycles. The number of aromatic nitrogens is 1. The van der Waals surface area contributed by atoms with E-state index in [0.29, 0.717) is 18.2 Å². The number of benzene rings is 2. The maximum absolute atomic E-state index is 9.93. The van der Waals surface area contributed by atoms with E-state index in [2.05, 4.69) is 10.3 Å². The third kappa shape index (κ3) is 2.76. The minimum Gasteiger partial charge on any atom is -0.507 e. The Balaban J connectivity index is 1.76. The second-order valence-electron chi connectivity index (χ2n) is 4.76. The zero-order chi connectivity index (χ0) is 14.8. The Bertz CT molecular complexity index is 780. The van der Waals surface area contributed by atoms with Gasteiger partial charge in [-0.3, -0.25) is 0 Å². The highest BCUT2D eigenvalue weighted by atomic mass is 16.5. The third-order valence-electron chi connectivity index (χ3n) is 3.27. The normalized spacial score (nSPS) is 10.8. The molecular weight excluding hydrogens is 268 g/mol. The summed E-state index contributed by atoms with van der Waals surface area (Å²) < 4.78 is 10.5. The lowest BCUT2D eigenvalue weighted by atomic mass is 10.2. The number of hydrogen-bond acceptors (Lipinski definition) is 5. The van der Waals surface area contributed by atoms with Crippen molar-refractivity contribution >= 4 is 16.8 Å². The van der Waals surface area contributed by atoms with Crippen molar-refractivity contribution in [2.45, 2.75) is 13.5 Å². The highest BCUT2D eigenvalue weighted by Gasteiger charge is 2.05. The monoisotopic (exact) mass is 284 g/mol. The summed E-state index contributed by atoms with van der Waals surface area (Å²) in [5.41, 5.74) is 3.31. The lowest BCUT2D eigenvalue weighted by Crippen LogP contribution is -1.99. The summed E-state index contributed by atoms with van der Waals surface area (Å²) >= 11 is 0. The Labute approximate surface area is 122 Å². The number of rotatable bonds is 4. The number of nitrogens with zero attached hydrogens (tertiary/aromatic N) is 1. The molecule has 2 aromatic carbocycles. The minimum atomic E-state index is 0.209. The van der Waals surface area contributed by atoms with Crippen LogP contribution in [0, 0.1) is 6.92 Å². The summed E-state index contributed by atoms with van der Waals surface area (Å²) in [6.07, 6.45) is 0. The van der Waals surface area contributed by atoms with Gasteiger partial charge in [-0.1, -0.05) is 0 Å². The number of aryl methyl sites for hydroxylation is 1. The summed E-state index contributed by atoms with van der Waals surface area (Å²) in [5, 5.41) is 13.2. The predicted molar refractivity (Wildman–Crippen MR) is 80.7 cm³/mol. The van der Waals surface area contributed by atoms with Gasteiger partial charge in [0.2, 0.25) is 0 Å². The molecule has 3 rings (SSSR count). The molecule has 0 aliphatic rings. The number of fused-ring (bicyclic) bond motifs is 1. The Morgan fingerprint density at radius 1 is 1.24 bits per heavy atom. The van der Waals surface area contributed by atoms with E-state index in [-0.39, 0.29) is 5.75 Å². The summed E-state index contributed by atoms with van der Waals surface area (Å²) in [6, 6.07) is 11.0. The van der Waals surface area contributed by atoms with Crippen LogP contribution >= 0.6 is 0 Å². The van der Waals surface area contributed by atoms with E-state index in [1.807, 2.05) is 37.3 Å². The standard InChI is InChI=1S/C16H16N2O3/c1-10-18-14-7-12(4-6-16(14)21-10)17-9-11-3-5-13(20-2)8-15(11)19/h3-8,17,19H,9H2,1-2H3. The number of aromatic hydroxyl groups is 1. The maximum Gasteiger partial charge on any atom is 0.192 e. The Hall–Kier alpha value is -2.69. The van der Waals surface area contributed by atoms with Gasteiger partial charge < -0.3 is 19.6 Å². The second kappa shape index (κ2) is 5.36. The second-order valence-corrected chi connectivity index (χ2v) is 4.76. The quantitative estimate of drug-likeness (QED) is 0.768. The van der Waals surface area contributed by atoms with Crippen LogP contribution in [0.5, 0.6) is 11.5 Å². The molecule has 0 spiro atoms. The van der Waals surface area contributed by atoms with Crippen molar-refractivity contribution in [1.29, 1.82) is 0 Å². The molecule has 0 fully saturated rings. The molecule has 108 valence electrons. The van der Waals surface area contributed by atoms with E-state index in [1.54, 1.807) is 13.2 Å². The van der Waals surface area contributed by atoms with Crippen LogP contribution in [-0.4, -0.2) is 17.2 Å². The van der Waals surface area contributed by atoms with Crippen LogP contribution < -0.4 is 10.1 Å². The average molecular weight is 284 g/mol. The first-order valence-corrected chi connectivity index (χ1v) is 6.62. The smallest absolute Gasteiger partial charge is 0.192 e. The number of phenolic OH excluding ortho intramolecular Hbond substituents is 1. The molecule has 0 bridgehead atoms. The molecular formula is C16H16N2O3. The van der Waals surface area contributed by atoms with E-state index >= 15 is 0 Å².